The Bertz CT molecular complexity index is 680. The lowest BCUT2D eigenvalue weighted by Gasteiger charge is -2.05. The van der Waals surface area contributed by atoms with Crippen LogP contribution >= 0.6 is 11.6 Å². The minimum Gasteiger partial charge on any atom is -0.381 e. The number of nitrogens with zero attached hydrogens (tertiary/aromatic N) is 3. The Hall–Kier alpha value is -2.07. The number of benzene rings is 1. The Morgan fingerprint density at radius 2 is 2.06 bits per heavy atom. The van der Waals surface area contributed by atoms with E-state index in [0.29, 0.717) is 17.4 Å². The molecule has 0 saturated carbocycles. The lowest BCUT2D eigenvalue weighted by Crippen LogP contribution is -2.02. The summed E-state index contributed by atoms with van der Waals surface area (Å²) < 4.78 is 1.72. The molecule has 18 heavy (non-hydrogen) atoms. The van der Waals surface area contributed by atoms with Crippen LogP contribution in [0.15, 0.2) is 42.7 Å². The Labute approximate surface area is 109 Å². The summed E-state index contributed by atoms with van der Waals surface area (Å²) >= 11 is 5.89. The van der Waals surface area contributed by atoms with E-state index in [1.807, 2.05) is 30.3 Å². The van der Waals surface area contributed by atoms with Crippen molar-refractivity contribution in [1.82, 2.24) is 14.8 Å². The maximum absolute atomic E-state index is 5.89. The van der Waals surface area contributed by atoms with Crippen LogP contribution in [-0.2, 0) is 6.54 Å². The number of nitrogen functional groups attached to an aromatic ring is 1. The van der Waals surface area contributed by atoms with Gasteiger partial charge in [-0.2, -0.15) is 5.10 Å². The molecule has 2 heterocycles. The summed E-state index contributed by atoms with van der Waals surface area (Å²) in [5.74, 6) is 0.352. The summed E-state index contributed by atoms with van der Waals surface area (Å²) in [6.45, 7) is 0.602. The second-order valence-electron chi connectivity index (χ2n) is 4.05. The molecule has 2 N–H and O–H groups in total. The first kappa shape index (κ1) is 11.0. The third-order valence-electron chi connectivity index (χ3n) is 2.79. The Morgan fingerprint density at radius 3 is 2.83 bits per heavy atom. The lowest BCUT2D eigenvalue weighted by atomic mass is 10.1. The number of pyridine rings is 1. The van der Waals surface area contributed by atoms with Gasteiger partial charge in [0.15, 0.2) is 5.82 Å². The molecule has 5 heteroatoms. The van der Waals surface area contributed by atoms with Crippen molar-refractivity contribution in [2.45, 2.75) is 6.54 Å². The fourth-order valence-electron chi connectivity index (χ4n) is 1.96. The van der Waals surface area contributed by atoms with Gasteiger partial charge in [0.2, 0.25) is 0 Å². The molecule has 90 valence electrons. The van der Waals surface area contributed by atoms with E-state index in [1.54, 1.807) is 17.1 Å². The molecule has 1 aromatic carbocycles. The van der Waals surface area contributed by atoms with Crippen LogP contribution in [0.4, 0.5) is 5.82 Å². The molecule has 0 bridgehead atoms. The maximum Gasteiger partial charge on any atom is 0.164 e. The minimum absolute atomic E-state index is 0.352. The zero-order valence-corrected chi connectivity index (χ0v) is 10.3. The van der Waals surface area contributed by atoms with E-state index in [2.05, 4.69) is 10.1 Å². The monoisotopic (exact) mass is 258 g/mol. The smallest absolute Gasteiger partial charge is 0.164 e. The van der Waals surface area contributed by atoms with Crippen molar-refractivity contribution < 1.29 is 0 Å². The van der Waals surface area contributed by atoms with E-state index in [0.717, 1.165) is 16.5 Å². The number of rotatable bonds is 2. The van der Waals surface area contributed by atoms with Crippen molar-refractivity contribution in [2.75, 3.05) is 5.73 Å². The average molecular weight is 259 g/mol. The molecule has 0 fully saturated rings. The highest BCUT2D eigenvalue weighted by Gasteiger charge is 2.06. The predicted octanol–water partition coefficient (Wildman–Crippen LogP) is 2.72. The number of nitrogens with two attached hydrogens (primary N) is 1. The van der Waals surface area contributed by atoms with Gasteiger partial charge in [0.1, 0.15) is 5.02 Å². The third kappa shape index (κ3) is 1.91. The fraction of sp³-hybridized carbons (Fsp3) is 0.0769. The first-order chi connectivity index (χ1) is 8.74. The molecule has 0 saturated heterocycles. The van der Waals surface area contributed by atoms with Crippen molar-refractivity contribution in [3.05, 3.63) is 53.3 Å². The van der Waals surface area contributed by atoms with Gasteiger partial charge in [-0.15, -0.1) is 0 Å². The summed E-state index contributed by atoms with van der Waals surface area (Å²) in [6.07, 6.45) is 3.51. The third-order valence-corrected chi connectivity index (χ3v) is 3.08. The molecular weight excluding hydrogens is 248 g/mol. The number of hydrogen-bond donors (Lipinski definition) is 1. The van der Waals surface area contributed by atoms with Gasteiger partial charge in [0, 0.05) is 17.8 Å². The number of para-hydroxylation sites is 1. The topological polar surface area (TPSA) is 56.7 Å². The molecule has 0 aliphatic carbocycles. The van der Waals surface area contributed by atoms with Crippen molar-refractivity contribution in [3.63, 3.8) is 0 Å². The van der Waals surface area contributed by atoms with Crippen molar-refractivity contribution >= 4 is 28.3 Å². The first-order valence-corrected chi connectivity index (χ1v) is 5.93. The van der Waals surface area contributed by atoms with E-state index >= 15 is 0 Å². The molecule has 0 aliphatic heterocycles. The van der Waals surface area contributed by atoms with Gasteiger partial charge >= 0.3 is 0 Å². The molecule has 0 atom stereocenters. The van der Waals surface area contributed by atoms with Crippen LogP contribution in [0.5, 0.6) is 0 Å². The van der Waals surface area contributed by atoms with E-state index in [1.165, 1.54) is 0 Å². The summed E-state index contributed by atoms with van der Waals surface area (Å²) in [6, 6.07) is 10.0. The van der Waals surface area contributed by atoms with Gasteiger partial charge in [-0.1, -0.05) is 35.9 Å². The van der Waals surface area contributed by atoms with Gasteiger partial charge in [-0.05, 0) is 11.6 Å². The van der Waals surface area contributed by atoms with E-state index in [-0.39, 0.29) is 0 Å². The van der Waals surface area contributed by atoms with Gasteiger partial charge in [-0.25, -0.2) is 0 Å². The molecule has 4 nitrogen and oxygen atoms in total. The van der Waals surface area contributed by atoms with Crippen LogP contribution < -0.4 is 5.73 Å². The fourth-order valence-corrected chi connectivity index (χ4v) is 2.11. The molecule has 2 aromatic heterocycles. The van der Waals surface area contributed by atoms with Gasteiger partial charge in [-0.3, -0.25) is 9.67 Å². The Morgan fingerprint density at radius 1 is 1.22 bits per heavy atom. The normalized spacial score (nSPS) is 10.9. The highest BCUT2D eigenvalue weighted by molar-refractivity contribution is 6.32. The van der Waals surface area contributed by atoms with Gasteiger partial charge < -0.3 is 5.73 Å². The van der Waals surface area contributed by atoms with E-state index < -0.39 is 0 Å². The SMILES string of the molecule is Nc1nn(Cc2cccc3cccnc23)cc1Cl. The standard InChI is InChI=1S/C13H11ClN4/c14-11-8-18(17-13(11)15)7-10-4-1-3-9-5-2-6-16-12(9)10/h1-6,8H,7H2,(H2,15,17). The van der Waals surface area contributed by atoms with Gasteiger partial charge in [0.25, 0.3) is 0 Å². The van der Waals surface area contributed by atoms with Crippen LogP contribution in [0.25, 0.3) is 10.9 Å². The summed E-state index contributed by atoms with van der Waals surface area (Å²) in [7, 11) is 0. The number of fused-ring (bicyclic) bond motifs is 1. The van der Waals surface area contributed by atoms with Crippen LogP contribution in [0.2, 0.25) is 5.02 Å². The van der Waals surface area contributed by atoms with Crippen LogP contribution in [0.1, 0.15) is 5.56 Å². The molecule has 0 aliphatic rings. The lowest BCUT2D eigenvalue weighted by molar-refractivity contribution is 0.693. The van der Waals surface area contributed by atoms with Crippen molar-refractivity contribution in [2.24, 2.45) is 0 Å². The number of aromatic nitrogens is 3. The maximum atomic E-state index is 5.89. The number of hydrogen-bond acceptors (Lipinski definition) is 3. The van der Waals surface area contributed by atoms with Crippen LogP contribution in [-0.4, -0.2) is 14.8 Å². The first-order valence-electron chi connectivity index (χ1n) is 5.55. The Kier molecular flexibility index (Phi) is 2.64. The second kappa shape index (κ2) is 4.31. The quantitative estimate of drug-likeness (QED) is 0.769. The van der Waals surface area contributed by atoms with E-state index in [9.17, 15) is 0 Å². The van der Waals surface area contributed by atoms with Crippen molar-refractivity contribution in [3.8, 4) is 0 Å². The zero-order chi connectivity index (χ0) is 12.5. The highest BCUT2D eigenvalue weighted by Crippen LogP contribution is 2.19. The molecular formula is C13H11ClN4. The van der Waals surface area contributed by atoms with Crippen molar-refractivity contribution in [1.29, 1.82) is 0 Å². The Balaban J connectivity index is 2.04. The zero-order valence-electron chi connectivity index (χ0n) is 9.55. The number of halogens is 1. The summed E-state index contributed by atoms with van der Waals surface area (Å²) in [5, 5.41) is 5.73. The molecule has 0 radical (unpaired) electrons. The molecule has 0 spiro atoms. The molecule has 0 amide bonds. The van der Waals surface area contributed by atoms with Crippen LogP contribution in [0.3, 0.4) is 0 Å². The van der Waals surface area contributed by atoms with E-state index in [4.69, 9.17) is 17.3 Å². The minimum atomic E-state index is 0.352. The largest absolute Gasteiger partial charge is 0.381 e. The summed E-state index contributed by atoms with van der Waals surface area (Å²) in [5.41, 5.74) is 7.69. The molecule has 3 rings (SSSR count). The molecule has 3 aromatic rings. The predicted molar refractivity (Wildman–Crippen MR) is 72.5 cm³/mol. The highest BCUT2D eigenvalue weighted by atomic mass is 35.5. The van der Waals surface area contributed by atoms with Gasteiger partial charge in [0.05, 0.1) is 12.1 Å². The summed E-state index contributed by atoms with van der Waals surface area (Å²) in [4.78, 5) is 4.40. The average Bonchev–Trinajstić information content (AvgIpc) is 2.69. The number of anilines is 1. The second-order valence-corrected chi connectivity index (χ2v) is 4.46. The molecule has 0 unspecified atom stereocenters. The van der Waals surface area contributed by atoms with Crippen LogP contribution in [0, 0.1) is 0 Å².